The molecule has 0 bridgehead atoms. The fourth-order valence-electron chi connectivity index (χ4n) is 5.43. The second-order valence-electron chi connectivity index (χ2n) is 12.8. The van der Waals surface area contributed by atoms with Gasteiger partial charge in [-0.3, -0.25) is 14.9 Å². The molecule has 3 aromatic heterocycles. The molecule has 4 heterocycles. The van der Waals surface area contributed by atoms with Crippen molar-refractivity contribution < 1.29 is 9.59 Å². The normalized spacial score (nSPS) is 15.7. The van der Waals surface area contributed by atoms with Crippen LogP contribution in [0.5, 0.6) is 0 Å². The van der Waals surface area contributed by atoms with Crippen molar-refractivity contribution in [1.82, 2.24) is 29.5 Å². The first-order chi connectivity index (χ1) is 21.0. The summed E-state index contributed by atoms with van der Waals surface area (Å²) >= 11 is 1.35. The zero-order valence-electron chi connectivity index (χ0n) is 26.0. The molecular formula is C33H40N8O2S. The molecule has 1 aliphatic rings. The van der Waals surface area contributed by atoms with E-state index < -0.39 is 0 Å². The van der Waals surface area contributed by atoms with Crippen molar-refractivity contribution in [3.05, 3.63) is 70.9 Å². The molecular weight excluding hydrogens is 572 g/mol. The molecule has 10 nitrogen and oxygen atoms in total. The highest BCUT2D eigenvalue weighted by atomic mass is 32.1. The molecule has 11 heteroatoms. The van der Waals surface area contributed by atoms with Gasteiger partial charge in [-0.1, -0.05) is 46.8 Å². The minimum Gasteiger partial charge on any atom is -0.333 e. The van der Waals surface area contributed by atoms with Gasteiger partial charge >= 0.3 is 0 Å². The fourth-order valence-corrected chi connectivity index (χ4v) is 6.27. The lowest BCUT2D eigenvalue weighted by atomic mass is 9.97. The topological polar surface area (TPSA) is 121 Å². The number of amides is 2. The number of anilines is 1. The molecule has 1 fully saturated rings. The monoisotopic (exact) mass is 612 g/mol. The number of rotatable bonds is 10. The first kappa shape index (κ1) is 31.2. The van der Waals surface area contributed by atoms with Gasteiger partial charge in [0.1, 0.15) is 16.6 Å². The largest absolute Gasteiger partial charge is 0.333 e. The number of hydrogen-bond donors (Lipinski definition) is 2. The number of imidazole rings is 1. The zero-order valence-corrected chi connectivity index (χ0v) is 26.8. The Kier molecular flexibility index (Phi) is 9.32. The number of carbonyl (C=O) groups is 2. The lowest BCUT2D eigenvalue weighted by Crippen LogP contribution is -2.39. The van der Waals surface area contributed by atoms with E-state index in [0.29, 0.717) is 30.5 Å². The van der Waals surface area contributed by atoms with Crippen LogP contribution in [-0.4, -0.2) is 55.2 Å². The molecule has 1 aromatic carbocycles. The van der Waals surface area contributed by atoms with Crippen molar-refractivity contribution in [2.45, 2.75) is 66.6 Å². The lowest BCUT2D eigenvalue weighted by Gasteiger charge is -2.26. The van der Waals surface area contributed by atoms with E-state index in [1.807, 2.05) is 42.8 Å². The van der Waals surface area contributed by atoms with E-state index in [-0.39, 0.29) is 34.8 Å². The maximum absolute atomic E-state index is 13.5. The smallest absolute Gasteiger partial charge is 0.268 e. The van der Waals surface area contributed by atoms with E-state index >= 15 is 0 Å². The molecule has 0 unspecified atom stereocenters. The predicted octanol–water partition coefficient (Wildman–Crippen LogP) is 5.77. The summed E-state index contributed by atoms with van der Waals surface area (Å²) in [6.45, 7) is 13.1. The minimum absolute atomic E-state index is 0.0900. The van der Waals surface area contributed by atoms with Crippen molar-refractivity contribution in [2.24, 2.45) is 11.3 Å². The summed E-state index contributed by atoms with van der Waals surface area (Å²) < 4.78 is 3.72. The number of allylic oxidation sites excluding steroid dienone is 1. The number of aromatic nitrogens is 4. The third-order valence-corrected chi connectivity index (χ3v) is 8.52. The van der Waals surface area contributed by atoms with Gasteiger partial charge in [-0.2, -0.15) is 10.4 Å². The molecule has 2 N–H and O–H groups in total. The molecule has 0 radical (unpaired) electrons. The molecule has 44 heavy (non-hydrogen) atoms. The number of carbonyl (C=O) groups excluding carboxylic acids is 2. The number of fused-ring (bicyclic) bond motifs is 1. The predicted molar refractivity (Wildman–Crippen MR) is 174 cm³/mol. The van der Waals surface area contributed by atoms with Crippen LogP contribution in [0.2, 0.25) is 0 Å². The van der Waals surface area contributed by atoms with Crippen LogP contribution in [-0.2, 0) is 17.9 Å². The maximum atomic E-state index is 13.5. The Bertz CT molecular complexity index is 1700. The fraction of sp³-hybridized carbons (Fsp3) is 0.424. The molecule has 0 spiro atoms. The summed E-state index contributed by atoms with van der Waals surface area (Å²) in [7, 11) is 0. The summed E-state index contributed by atoms with van der Waals surface area (Å²) in [5.41, 5.74) is 3.09. The molecule has 2 amide bonds. The van der Waals surface area contributed by atoms with Crippen LogP contribution in [0.15, 0.2) is 60.4 Å². The number of nitriles is 1. The summed E-state index contributed by atoms with van der Waals surface area (Å²) in [6, 6.07) is 13.6. The average molecular weight is 613 g/mol. The Morgan fingerprint density at radius 1 is 1.23 bits per heavy atom. The van der Waals surface area contributed by atoms with Crippen LogP contribution >= 0.6 is 11.3 Å². The number of likely N-dealkylation sites (tertiary alicyclic amines) is 1. The van der Waals surface area contributed by atoms with Gasteiger partial charge in [0, 0.05) is 38.6 Å². The Hall–Kier alpha value is -4.27. The first-order valence-corrected chi connectivity index (χ1v) is 15.9. The second-order valence-corrected chi connectivity index (χ2v) is 13.9. The standard InChI is InChI=1S/C33H40N8O2S/c1-22(2)16-24(18-34)31(43)39-14-6-8-25(39)20-40-27-10-9-23(19-35-21-33(3,4)5)17-26(27)37-32(40)38-30(42)28-11-12-29(44-28)41-15-7-13-36-41/h7,9-13,15-17,22,25,35H,6,8,14,19-21H2,1-5H3,(H,37,38,42)/t25-/m1/s1. The Morgan fingerprint density at radius 2 is 2.05 bits per heavy atom. The second kappa shape index (κ2) is 13.2. The molecule has 1 saturated heterocycles. The van der Waals surface area contributed by atoms with Crippen LogP contribution in [0.25, 0.3) is 16.0 Å². The molecule has 230 valence electrons. The van der Waals surface area contributed by atoms with Crippen LogP contribution in [0.3, 0.4) is 0 Å². The van der Waals surface area contributed by atoms with Gasteiger partial charge in [0.05, 0.1) is 22.0 Å². The average Bonchev–Trinajstić information content (AvgIpc) is 3.78. The van der Waals surface area contributed by atoms with E-state index in [2.05, 4.69) is 54.7 Å². The molecule has 5 rings (SSSR count). The maximum Gasteiger partial charge on any atom is 0.268 e. The van der Waals surface area contributed by atoms with Crippen molar-refractivity contribution in [3.63, 3.8) is 0 Å². The quantitative estimate of drug-likeness (QED) is 0.173. The summed E-state index contributed by atoms with van der Waals surface area (Å²) in [5.74, 6) is 0.0160. The van der Waals surface area contributed by atoms with Gasteiger partial charge in [0.25, 0.3) is 11.8 Å². The van der Waals surface area contributed by atoms with Gasteiger partial charge in [-0.25, -0.2) is 9.67 Å². The molecule has 1 aliphatic heterocycles. The van der Waals surface area contributed by atoms with Crippen molar-refractivity contribution in [2.75, 3.05) is 18.4 Å². The third-order valence-electron chi connectivity index (χ3n) is 7.45. The van der Waals surface area contributed by atoms with Crippen molar-refractivity contribution in [3.8, 4) is 11.1 Å². The minimum atomic E-state index is -0.261. The summed E-state index contributed by atoms with van der Waals surface area (Å²) in [5, 5.41) is 21.4. The number of nitrogens with one attached hydrogen (secondary N) is 2. The number of thiophene rings is 1. The Labute approximate surface area is 262 Å². The molecule has 0 aliphatic carbocycles. The molecule has 4 aromatic rings. The summed E-state index contributed by atoms with van der Waals surface area (Å²) in [6.07, 6.45) is 6.91. The van der Waals surface area contributed by atoms with E-state index in [0.717, 1.165) is 41.0 Å². The molecule has 0 saturated carbocycles. The van der Waals surface area contributed by atoms with E-state index in [1.54, 1.807) is 27.9 Å². The SMILES string of the molecule is CC(C)C=C(C#N)C(=O)N1CCC[C@@H]1Cn1c(NC(=O)c2ccc(-n3cccn3)s2)nc2cc(CNCC(C)(C)C)ccc21. The Morgan fingerprint density at radius 3 is 2.75 bits per heavy atom. The summed E-state index contributed by atoms with van der Waals surface area (Å²) in [4.78, 5) is 34.1. The molecule has 1 atom stereocenters. The van der Waals surface area contributed by atoms with E-state index in [9.17, 15) is 14.9 Å². The highest BCUT2D eigenvalue weighted by Crippen LogP contribution is 2.28. The lowest BCUT2D eigenvalue weighted by molar-refractivity contribution is -0.127. The van der Waals surface area contributed by atoms with Gasteiger partial charge in [-0.05, 0) is 60.1 Å². The Balaban J connectivity index is 1.44. The van der Waals surface area contributed by atoms with Crippen molar-refractivity contribution in [1.29, 1.82) is 5.26 Å². The number of nitrogens with zero attached hydrogens (tertiary/aromatic N) is 6. The third kappa shape index (κ3) is 7.26. The van der Waals surface area contributed by atoms with Crippen LogP contribution in [0, 0.1) is 22.7 Å². The number of hydrogen-bond acceptors (Lipinski definition) is 7. The van der Waals surface area contributed by atoms with E-state index in [1.165, 1.54) is 11.3 Å². The van der Waals surface area contributed by atoms with Crippen LogP contribution in [0.4, 0.5) is 5.95 Å². The van der Waals surface area contributed by atoms with Gasteiger partial charge in [-0.15, -0.1) is 11.3 Å². The van der Waals surface area contributed by atoms with Crippen LogP contribution in [0.1, 0.15) is 62.7 Å². The van der Waals surface area contributed by atoms with Gasteiger partial charge < -0.3 is 14.8 Å². The van der Waals surface area contributed by atoms with Gasteiger partial charge in [0.2, 0.25) is 5.95 Å². The van der Waals surface area contributed by atoms with Gasteiger partial charge in [0.15, 0.2) is 0 Å². The van der Waals surface area contributed by atoms with E-state index in [4.69, 9.17) is 4.98 Å². The first-order valence-electron chi connectivity index (χ1n) is 15.1. The highest BCUT2D eigenvalue weighted by molar-refractivity contribution is 7.16. The zero-order chi connectivity index (χ0) is 31.4. The highest BCUT2D eigenvalue weighted by Gasteiger charge is 2.32. The van der Waals surface area contributed by atoms with Crippen LogP contribution < -0.4 is 10.6 Å². The number of benzene rings is 1. The van der Waals surface area contributed by atoms with Crippen molar-refractivity contribution >= 4 is 40.1 Å².